The van der Waals surface area contributed by atoms with Gasteiger partial charge in [0.25, 0.3) is 0 Å². The topological polar surface area (TPSA) is 57.6 Å². The minimum atomic E-state index is -1.08. The number of carbonyl (C=O) groups is 2. The van der Waals surface area contributed by atoms with E-state index < -0.39 is 12.0 Å². The van der Waals surface area contributed by atoms with Gasteiger partial charge in [-0.1, -0.05) is 11.6 Å². The SMILES string of the molecule is CC(=O)N(C)C(C(=O)O)c1cc(Br)c(Cl)s1. The number of amides is 1. The highest BCUT2D eigenvalue weighted by atomic mass is 79.9. The van der Waals surface area contributed by atoms with Crippen LogP contribution in [0.1, 0.15) is 17.8 Å². The molecule has 0 aromatic carbocycles. The van der Waals surface area contributed by atoms with Crippen LogP contribution in [0.3, 0.4) is 0 Å². The molecule has 1 aromatic rings. The monoisotopic (exact) mass is 325 g/mol. The van der Waals surface area contributed by atoms with E-state index in [1.165, 1.54) is 14.0 Å². The summed E-state index contributed by atoms with van der Waals surface area (Å²) in [5.41, 5.74) is 0. The quantitative estimate of drug-likeness (QED) is 0.929. The molecule has 88 valence electrons. The van der Waals surface area contributed by atoms with Crippen molar-refractivity contribution in [3.63, 3.8) is 0 Å². The van der Waals surface area contributed by atoms with Gasteiger partial charge in [-0.25, -0.2) is 4.79 Å². The number of hydrogen-bond donors (Lipinski definition) is 1. The van der Waals surface area contributed by atoms with E-state index in [4.69, 9.17) is 16.7 Å². The standard InChI is InChI=1S/C9H9BrClNO3S/c1-4(13)12(2)7(9(14)15)6-3-5(10)8(11)16-6/h3,7H,1-2H3,(H,14,15). The molecule has 7 heteroatoms. The second-order valence-corrected chi connectivity index (χ2v) is 5.68. The second kappa shape index (κ2) is 5.16. The molecule has 16 heavy (non-hydrogen) atoms. The van der Waals surface area contributed by atoms with Crippen molar-refractivity contribution in [2.24, 2.45) is 0 Å². The fourth-order valence-electron chi connectivity index (χ4n) is 1.16. The van der Waals surface area contributed by atoms with Crippen molar-refractivity contribution < 1.29 is 14.7 Å². The Morgan fingerprint density at radius 1 is 1.62 bits per heavy atom. The average molecular weight is 327 g/mol. The number of carbonyl (C=O) groups excluding carboxylic acids is 1. The summed E-state index contributed by atoms with van der Waals surface area (Å²) in [6.07, 6.45) is 0. The van der Waals surface area contributed by atoms with E-state index in [-0.39, 0.29) is 5.91 Å². The van der Waals surface area contributed by atoms with Crippen molar-refractivity contribution in [3.8, 4) is 0 Å². The molecular formula is C9H9BrClNO3S. The number of halogens is 2. The molecule has 0 aliphatic rings. The Kier molecular flexibility index (Phi) is 4.35. The fraction of sp³-hybridized carbons (Fsp3) is 0.333. The summed E-state index contributed by atoms with van der Waals surface area (Å²) in [5, 5.41) is 9.10. The summed E-state index contributed by atoms with van der Waals surface area (Å²) in [7, 11) is 1.45. The van der Waals surface area contributed by atoms with Crippen molar-refractivity contribution in [1.29, 1.82) is 0 Å². The predicted molar refractivity (Wildman–Crippen MR) is 65.8 cm³/mol. The number of nitrogens with zero attached hydrogens (tertiary/aromatic N) is 1. The molecule has 0 spiro atoms. The number of aliphatic carboxylic acids is 1. The zero-order chi connectivity index (χ0) is 12.5. The molecule has 1 amide bonds. The van der Waals surface area contributed by atoms with Gasteiger partial charge in [0.05, 0.1) is 0 Å². The molecule has 1 unspecified atom stereocenters. The summed E-state index contributed by atoms with van der Waals surface area (Å²) in [6.45, 7) is 1.32. The number of likely N-dealkylation sites (N-methyl/N-ethyl adjacent to an activating group) is 1. The highest BCUT2D eigenvalue weighted by molar-refractivity contribution is 9.10. The molecule has 0 saturated carbocycles. The minimum Gasteiger partial charge on any atom is -0.479 e. The Labute approximate surface area is 110 Å². The molecule has 1 heterocycles. The first-order chi connectivity index (χ1) is 7.34. The number of rotatable bonds is 3. The lowest BCUT2D eigenvalue weighted by Gasteiger charge is -2.22. The normalized spacial score (nSPS) is 12.2. The third-order valence-electron chi connectivity index (χ3n) is 2.05. The van der Waals surface area contributed by atoms with Crippen molar-refractivity contribution in [1.82, 2.24) is 4.90 Å². The predicted octanol–water partition coefficient (Wildman–Crippen LogP) is 2.77. The lowest BCUT2D eigenvalue weighted by Crippen LogP contribution is -2.33. The molecule has 0 fully saturated rings. The van der Waals surface area contributed by atoms with Crippen LogP contribution in [-0.2, 0) is 9.59 Å². The van der Waals surface area contributed by atoms with Crippen molar-refractivity contribution in [2.45, 2.75) is 13.0 Å². The number of carboxylic acid groups (broad SMARTS) is 1. The summed E-state index contributed by atoms with van der Waals surface area (Å²) in [6, 6.07) is 0.622. The molecule has 1 atom stereocenters. The summed E-state index contributed by atoms with van der Waals surface area (Å²) in [4.78, 5) is 24.0. The third-order valence-corrected chi connectivity index (χ3v) is 4.58. The maximum Gasteiger partial charge on any atom is 0.331 e. The van der Waals surface area contributed by atoms with Crippen LogP contribution in [0, 0.1) is 0 Å². The number of thiophene rings is 1. The first-order valence-electron chi connectivity index (χ1n) is 4.25. The first kappa shape index (κ1) is 13.5. The highest BCUT2D eigenvalue weighted by Crippen LogP contribution is 2.36. The van der Waals surface area contributed by atoms with Gasteiger partial charge in [0.2, 0.25) is 5.91 Å². The summed E-state index contributed by atoms with van der Waals surface area (Å²) in [5.74, 6) is -1.39. The molecule has 0 bridgehead atoms. The van der Waals surface area contributed by atoms with Gasteiger partial charge in [0, 0.05) is 23.3 Å². The molecule has 1 N–H and O–H groups in total. The third kappa shape index (κ3) is 2.75. The van der Waals surface area contributed by atoms with Gasteiger partial charge < -0.3 is 10.0 Å². The Hall–Kier alpha value is -0.590. The van der Waals surface area contributed by atoms with Crippen molar-refractivity contribution in [3.05, 3.63) is 19.8 Å². The Bertz CT molecular complexity index is 415. The van der Waals surface area contributed by atoms with Crippen LogP contribution >= 0.6 is 38.9 Å². The smallest absolute Gasteiger partial charge is 0.331 e. The van der Waals surface area contributed by atoms with E-state index in [9.17, 15) is 9.59 Å². The molecule has 1 rings (SSSR count). The zero-order valence-electron chi connectivity index (χ0n) is 8.53. The minimum absolute atomic E-state index is 0.312. The Morgan fingerprint density at radius 3 is 2.50 bits per heavy atom. The van der Waals surface area contributed by atoms with Crippen LogP contribution in [0.5, 0.6) is 0 Å². The molecule has 4 nitrogen and oxygen atoms in total. The molecule has 1 aromatic heterocycles. The van der Waals surface area contributed by atoms with E-state index in [2.05, 4.69) is 15.9 Å². The largest absolute Gasteiger partial charge is 0.479 e. The van der Waals surface area contributed by atoms with Crippen molar-refractivity contribution in [2.75, 3.05) is 7.05 Å². The molecule has 0 aliphatic heterocycles. The van der Waals surface area contributed by atoms with Crippen LogP contribution in [0.2, 0.25) is 4.34 Å². The Morgan fingerprint density at radius 2 is 2.19 bits per heavy atom. The number of carboxylic acids is 1. The van der Waals surface area contributed by atoms with E-state index in [1.54, 1.807) is 6.07 Å². The van der Waals surface area contributed by atoms with Gasteiger partial charge in [-0.05, 0) is 22.0 Å². The summed E-state index contributed by atoms with van der Waals surface area (Å²) >= 11 is 10.2. The molecule has 0 aliphatic carbocycles. The van der Waals surface area contributed by atoms with Crippen molar-refractivity contribution >= 4 is 50.7 Å². The average Bonchev–Trinajstić information content (AvgIpc) is 2.45. The summed E-state index contributed by atoms with van der Waals surface area (Å²) < 4.78 is 1.11. The van der Waals surface area contributed by atoms with E-state index in [0.717, 1.165) is 16.2 Å². The van der Waals surface area contributed by atoms with Crippen LogP contribution in [0.15, 0.2) is 10.5 Å². The van der Waals surface area contributed by atoms with Crippen LogP contribution in [0.25, 0.3) is 0 Å². The molecule has 0 radical (unpaired) electrons. The van der Waals surface area contributed by atoms with E-state index in [0.29, 0.717) is 13.7 Å². The molecular weight excluding hydrogens is 318 g/mol. The van der Waals surface area contributed by atoms with Gasteiger partial charge >= 0.3 is 5.97 Å². The van der Waals surface area contributed by atoms with Gasteiger partial charge in [-0.15, -0.1) is 11.3 Å². The van der Waals surface area contributed by atoms with Gasteiger partial charge in [-0.3, -0.25) is 4.79 Å². The highest BCUT2D eigenvalue weighted by Gasteiger charge is 2.28. The molecule has 0 saturated heterocycles. The lowest BCUT2D eigenvalue weighted by molar-refractivity contribution is -0.148. The zero-order valence-corrected chi connectivity index (χ0v) is 11.7. The number of hydrogen-bond acceptors (Lipinski definition) is 3. The van der Waals surface area contributed by atoms with Crippen LogP contribution < -0.4 is 0 Å². The van der Waals surface area contributed by atoms with E-state index >= 15 is 0 Å². The maximum absolute atomic E-state index is 11.2. The fourth-order valence-corrected chi connectivity index (χ4v) is 3.03. The lowest BCUT2D eigenvalue weighted by atomic mass is 10.2. The van der Waals surface area contributed by atoms with Gasteiger partial charge in [-0.2, -0.15) is 0 Å². The second-order valence-electron chi connectivity index (χ2n) is 3.14. The Balaban J connectivity index is 3.12. The maximum atomic E-state index is 11.2. The van der Waals surface area contributed by atoms with E-state index in [1.807, 2.05) is 0 Å². The van der Waals surface area contributed by atoms with Crippen LogP contribution in [-0.4, -0.2) is 28.9 Å². The first-order valence-corrected chi connectivity index (χ1v) is 6.24. The van der Waals surface area contributed by atoms with Crippen LogP contribution in [0.4, 0.5) is 0 Å². The van der Waals surface area contributed by atoms with Gasteiger partial charge in [0.1, 0.15) is 4.34 Å². The van der Waals surface area contributed by atoms with Gasteiger partial charge in [0.15, 0.2) is 6.04 Å².